The highest BCUT2D eigenvalue weighted by Crippen LogP contribution is 2.17. The van der Waals surface area contributed by atoms with Crippen LogP contribution in [0.3, 0.4) is 0 Å². The molecule has 0 spiro atoms. The third kappa shape index (κ3) is 4.72. The molecular weight excluding hydrogens is 324 g/mol. The third-order valence-electron chi connectivity index (χ3n) is 4.18. The molecule has 0 unspecified atom stereocenters. The lowest BCUT2D eigenvalue weighted by molar-refractivity contribution is 0.0358. The number of nitrogens with zero attached hydrogens (tertiary/aromatic N) is 1. The molecule has 2 rings (SSSR count). The number of nitrogens with one attached hydrogen (secondary N) is 1. The van der Waals surface area contributed by atoms with Gasteiger partial charge in [-0.1, -0.05) is 36.2 Å². The lowest BCUT2D eigenvalue weighted by Gasteiger charge is -2.35. The van der Waals surface area contributed by atoms with Crippen LogP contribution in [-0.4, -0.2) is 22.4 Å². The van der Waals surface area contributed by atoms with Gasteiger partial charge >= 0.3 is 0 Å². The highest BCUT2D eigenvalue weighted by Gasteiger charge is 2.29. The predicted octanol–water partition coefficient (Wildman–Crippen LogP) is 4.45. The van der Waals surface area contributed by atoms with Gasteiger partial charge in [0.25, 0.3) is 11.8 Å². The fourth-order valence-corrected chi connectivity index (χ4v) is 2.81. The van der Waals surface area contributed by atoms with Crippen molar-refractivity contribution in [1.82, 2.24) is 10.4 Å². The molecule has 0 aliphatic carbocycles. The van der Waals surface area contributed by atoms with E-state index in [0.717, 1.165) is 17.5 Å². The molecule has 0 aromatic heterocycles. The van der Waals surface area contributed by atoms with E-state index in [4.69, 9.17) is 0 Å². The first kappa shape index (κ1) is 19.7. The highest BCUT2D eigenvalue weighted by molar-refractivity contribution is 5.99. The fourth-order valence-electron chi connectivity index (χ4n) is 2.81. The predicted molar refractivity (Wildman–Crippen MR) is 105 cm³/mol. The van der Waals surface area contributed by atoms with Gasteiger partial charge in [-0.2, -0.15) is 0 Å². The van der Waals surface area contributed by atoms with E-state index in [-0.39, 0.29) is 11.8 Å². The summed E-state index contributed by atoms with van der Waals surface area (Å²) in [6.45, 7) is 11.7. The van der Waals surface area contributed by atoms with Crippen LogP contribution >= 0.6 is 0 Å². The van der Waals surface area contributed by atoms with Crippen LogP contribution < -0.4 is 5.43 Å². The van der Waals surface area contributed by atoms with E-state index in [2.05, 4.69) is 12.3 Å². The number of carbonyl (C=O) groups is 2. The summed E-state index contributed by atoms with van der Waals surface area (Å²) in [4.78, 5) is 25.7. The molecular formula is C22H28N2O2. The Morgan fingerprint density at radius 3 is 1.92 bits per heavy atom. The minimum absolute atomic E-state index is 0.224. The maximum Gasteiger partial charge on any atom is 0.272 e. The Morgan fingerprint density at radius 2 is 1.46 bits per heavy atom. The number of hydrogen-bond donors (Lipinski definition) is 1. The summed E-state index contributed by atoms with van der Waals surface area (Å²) >= 11 is 0. The van der Waals surface area contributed by atoms with Crippen LogP contribution in [0.25, 0.3) is 0 Å². The van der Waals surface area contributed by atoms with Gasteiger partial charge in [-0.15, -0.1) is 0 Å². The van der Waals surface area contributed by atoms with Crippen LogP contribution in [0, 0.1) is 13.8 Å². The first-order valence-corrected chi connectivity index (χ1v) is 8.94. The smallest absolute Gasteiger partial charge is 0.267 e. The molecule has 0 atom stereocenters. The standard InChI is InChI=1S/C22H28N2O2/c1-7-17-8-10-18(11-9-17)21(26)24(22(4,5)6)23-20(25)19-13-15(2)12-16(3)14-19/h8-14H,7H2,1-6H3,(H,23,25). The van der Waals surface area contributed by atoms with Crippen molar-refractivity contribution in [1.29, 1.82) is 0 Å². The molecule has 0 radical (unpaired) electrons. The number of rotatable bonds is 3. The van der Waals surface area contributed by atoms with E-state index in [1.807, 2.05) is 77.1 Å². The molecule has 26 heavy (non-hydrogen) atoms. The minimum atomic E-state index is -0.560. The van der Waals surface area contributed by atoms with Crippen molar-refractivity contribution in [3.63, 3.8) is 0 Å². The molecule has 2 amide bonds. The Labute approximate surface area is 156 Å². The number of benzene rings is 2. The van der Waals surface area contributed by atoms with E-state index in [1.165, 1.54) is 10.6 Å². The van der Waals surface area contributed by atoms with Crippen molar-refractivity contribution < 1.29 is 9.59 Å². The molecule has 0 fully saturated rings. The summed E-state index contributed by atoms with van der Waals surface area (Å²) in [6.07, 6.45) is 0.918. The fraction of sp³-hybridized carbons (Fsp3) is 0.364. The molecule has 0 bridgehead atoms. The number of amides is 2. The van der Waals surface area contributed by atoms with E-state index >= 15 is 0 Å². The van der Waals surface area contributed by atoms with Gasteiger partial charge in [0.05, 0.1) is 5.54 Å². The summed E-state index contributed by atoms with van der Waals surface area (Å²) in [7, 11) is 0. The number of hydrazine groups is 1. The highest BCUT2D eigenvalue weighted by atomic mass is 16.2. The summed E-state index contributed by atoms with van der Waals surface area (Å²) in [6, 6.07) is 13.2. The van der Waals surface area contributed by atoms with Crippen LogP contribution in [0.15, 0.2) is 42.5 Å². The Morgan fingerprint density at radius 1 is 0.923 bits per heavy atom. The molecule has 2 aromatic carbocycles. The zero-order valence-electron chi connectivity index (χ0n) is 16.5. The zero-order chi connectivity index (χ0) is 19.5. The molecule has 0 aliphatic heterocycles. The van der Waals surface area contributed by atoms with Crippen molar-refractivity contribution in [2.45, 2.75) is 53.5 Å². The average Bonchev–Trinajstić information content (AvgIpc) is 2.57. The van der Waals surface area contributed by atoms with Crippen LogP contribution in [0.2, 0.25) is 0 Å². The van der Waals surface area contributed by atoms with Gasteiger partial charge in [0.1, 0.15) is 0 Å². The Balaban J connectivity index is 2.29. The Bertz CT molecular complexity index is 782. The third-order valence-corrected chi connectivity index (χ3v) is 4.18. The second-order valence-electron chi connectivity index (χ2n) is 7.68. The molecule has 0 aliphatic rings. The molecule has 2 aromatic rings. The quantitative estimate of drug-likeness (QED) is 0.830. The van der Waals surface area contributed by atoms with Gasteiger partial charge in [0, 0.05) is 11.1 Å². The minimum Gasteiger partial charge on any atom is -0.267 e. The maximum atomic E-state index is 13.0. The van der Waals surface area contributed by atoms with Crippen LogP contribution in [0.4, 0.5) is 0 Å². The number of aryl methyl sites for hydroxylation is 3. The molecule has 1 N–H and O–H groups in total. The molecule has 4 heteroatoms. The first-order chi connectivity index (χ1) is 12.1. The van der Waals surface area contributed by atoms with Crippen molar-refractivity contribution in [2.24, 2.45) is 0 Å². The van der Waals surface area contributed by atoms with Gasteiger partial charge in [-0.25, -0.2) is 5.01 Å². The maximum absolute atomic E-state index is 13.0. The van der Waals surface area contributed by atoms with Crippen LogP contribution in [-0.2, 0) is 6.42 Å². The molecule has 0 heterocycles. The summed E-state index contributed by atoms with van der Waals surface area (Å²) in [5.41, 5.74) is 6.53. The van der Waals surface area contributed by atoms with Gasteiger partial charge in [0.15, 0.2) is 0 Å². The van der Waals surface area contributed by atoms with E-state index < -0.39 is 5.54 Å². The van der Waals surface area contributed by atoms with Crippen molar-refractivity contribution in [2.75, 3.05) is 0 Å². The Hall–Kier alpha value is -2.62. The van der Waals surface area contributed by atoms with E-state index in [9.17, 15) is 9.59 Å². The second-order valence-corrected chi connectivity index (χ2v) is 7.68. The summed E-state index contributed by atoms with van der Waals surface area (Å²) < 4.78 is 0. The SMILES string of the molecule is CCc1ccc(C(=O)N(NC(=O)c2cc(C)cc(C)c2)C(C)(C)C)cc1. The van der Waals surface area contributed by atoms with Crippen LogP contribution in [0.5, 0.6) is 0 Å². The van der Waals surface area contributed by atoms with Crippen molar-refractivity contribution in [3.05, 3.63) is 70.3 Å². The second kappa shape index (κ2) is 7.73. The van der Waals surface area contributed by atoms with E-state index in [1.54, 1.807) is 0 Å². The molecule has 0 saturated heterocycles. The first-order valence-electron chi connectivity index (χ1n) is 8.94. The number of hydrogen-bond acceptors (Lipinski definition) is 2. The molecule has 138 valence electrons. The number of carbonyl (C=O) groups excluding carboxylic acids is 2. The van der Waals surface area contributed by atoms with Crippen LogP contribution in [0.1, 0.15) is 65.1 Å². The van der Waals surface area contributed by atoms with Gasteiger partial charge in [-0.05, 0) is 70.9 Å². The Kier molecular flexibility index (Phi) is 5.86. The van der Waals surface area contributed by atoms with E-state index in [0.29, 0.717) is 11.1 Å². The van der Waals surface area contributed by atoms with Gasteiger partial charge in [-0.3, -0.25) is 15.0 Å². The lowest BCUT2D eigenvalue weighted by atomic mass is 10.0. The monoisotopic (exact) mass is 352 g/mol. The largest absolute Gasteiger partial charge is 0.272 e. The molecule has 0 saturated carbocycles. The summed E-state index contributed by atoms with van der Waals surface area (Å²) in [5.74, 6) is -0.511. The van der Waals surface area contributed by atoms with Gasteiger partial charge < -0.3 is 0 Å². The van der Waals surface area contributed by atoms with Crippen molar-refractivity contribution in [3.8, 4) is 0 Å². The van der Waals surface area contributed by atoms with Gasteiger partial charge in [0.2, 0.25) is 0 Å². The summed E-state index contributed by atoms with van der Waals surface area (Å²) in [5, 5.41) is 1.41. The average molecular weight is 352 g/mol. The molecule has 4 nitrogen and oxygen atoms in total. The zero-order valence-corrected chi connectivity index (χ0v) is 16.5. The normalized spacial score (nSPS) is 11.2. The topological polar surface area (TPSA) is 49.4 Å². The lowest BCUT2D eigenvalue weighted by Crippen LogP contribution is -2.55. The van der Waals surface area contributed by atoms with Crippen molar-refractivity contribution >= 4 is 11.8 Å².